The number of β-amino-alcohol motifs (C(OH)–C–C–N with tert-alkyl or cyclic N) is 1. The van der Waals surface area contributed by atoms with Gasteiger partial charge in [0.1, 0.15) is 17.4 Å². The standard InChI is InChI=1S/C20H23F2NO2/c21-17-3-1-16(2-4-17)20(24)13-23-11-9-15(10-12-23)14-25-19-7-5-18(22)6-8-19/h1-8,15,20,24H,9-14H2. The molecule has 1 fully saturated rings. The summed E-state index contributed by atoms with van der Waals surface area (Å²) in [6, 6.07) is 12.1. The molecule has 0 aromatic heterocycles. The molecule has 1 aliphatic rings. The number of aliphatic hydroxyl groups is 1. The molecule has 2 aromatic carbocycles. The van der Waals surface area contributed by atoms with Gasteiger partial charge in [-0.3, -0.25) is 0 Å². The average molecular weight is 347 g/mol. The summed E-state index contributed by atoms with van der Waals surface area (Å²) >= 11 is 0. The molecule has 134 valence electrons. The van der Waals surface area contributed by atoms with Crippen LogP contribution in [-0.2, 0) is 0 Å². The maximum atomic E-state index is 12.9. The molecule has 0 radical (unpaired) electrons. The van der Waals surface area contributed by atoms with Gasteiger partial charge in [0, 0.05) is 6.54 Å². The monoisotopic (exact) mass is 347 g/mol. The molecule has 25 heavy (non-hydrogen) atoms. The molecule has 2 aromatic rings. The summed E-state index contributed by atoms with van der Waals surface area (Å²) in [5.41, 5.74) is 0.739. The van der Waals surface area contributed by atoms with Crippen molar-refractivity contribution in [2.24, 2.45) is 5.92 Å². The molecule has 5 heteroatoms. The zero-order valence-corrected chi connectivity index (χ0v) is 14.1. The van der Waals surface area contributed by atoms with Crippen molar-refractivity contribution >= 4 is 0 Å². The minimum atomic E-state index is -0.604. The number of piperidine rings is 1. The van der Waals surface area contributed by atoms with E-state index < -0.39 is 6.10 Å². The van der Waals surface area contributed by atoms with E-state index in [1.54, 1.807) is 24.3 Å². The molecule has 1 aliphatic heterocycles. The fourth-order valence-electron chi connectivity index (χ4n) is 3.12. The number of ether oxygens (including phenoxy) is 1. The van der Waals surface area contributed by atoms with Gasteiger partial charge in [0.2, 0.25) is 0 Å². The normalized spacial score (nSPS) is 17.4. The molecule has 1 saturated heterocycles. The predicted molar refractivity (Wildman–Crippen MR) is 92.4 cm³/mol. The van der Waals surface area contributed by atoms with Crippen LogP contribution in [0, 0.1) is 17.6 Å². The number of nitrogens with zero attached hydrogens (tertiary/aromatic N) is 1. The van der Waals surface area contributed by atoms with Crippen LogP contribution in [0.25, 0.3) is 0 Å². The van der Waals surface area contributed by atoms with Crippen molar-refractivity contribution in [3.05, 3.63) is 65.7 Å². The van der Waals surface area contributed by atoms with Crippen molar-refractivity contribution in [1.82, 2.24) is 4.90 Å². The molecule has 1 unspecified atom stereocenters. The average Bonchev–Trinajstić information content (AvgIpc) is 2.63. The lowest BCUT2D eigenvalue weighted by Crippen LogP contribution is -2.38. The summed E-state index contributed by atoms with van der Waals surface area (Å²) < 4.78 is 31.5. The molecule has 1 atom stereocenters. The number of rotatable bonds is 6. The van der Waals surface area contributed by atoms with Gasteiger partial charge < -0.3 is 14.7 Å². The minimum Gasteiger partial charge on any atom is -0.493 e. The van der Waals surface area contributed by atoms with E-state index in [0.29, 0.717) is 24.8 Å². The van der Waals surface area contributed by atoms with Gasteiger partial charge in [-0.1, -0.05) is 12.1 Å². The number of halogens is 2. The molecule has 0 saturated carbocycles. The van der Waals surface area contributed by atoms with Gasteiger partial charge in [-0.05, 0) is 73.8 Å². The minimum absolute atomic E-state index is 0.264. The number of likely N-dealkylation sites (tertiary alicyclic amines) is 1. The van der Waals surface area contributed by atoms with Crippen LogP contribution in [0.15, 0.2) is 48.5 Å². The molecule has 1 N–H and O–H groups in total. The van der Waals surface area contributed by atoms with Gasteiger partial charge in [0.15, 0.2) is 0 Å². The van der Waals surface area contributed by atoms with Gasteiger partial charge >= 0.3 is 0 Å². The summed E-state index contributed by atoms with van der Waals surface area (Å²) in [6.45, 7) is 2.97. The Labute approximate surface area is 146 Å². The van der Waals surface area contributed by atoms with Gasteiger partial charge in [0.25, 0.3) is 0 Å². The van der Waals surface area contributed by atoms with E-state index in [4.69, 9.17) is 4.74 Å². The molecular formula is C20H23F2NO2. The number of benzene rings is 2. The highest BCUT2D eigenvalue weighted by atomic mass is 19.1. The van der Waals surface area contributed by atoms with E-state index in [2.05, 4.69) is 4.90 Å². The van der Waals surface area contributed by atoms with Crippen LogP contribution >= 0.6 is 0 Å². The maximum Gasteiger partial charge on any atom is 0.123 e. The summed E-state index contributed by atoms with van der Waals surface area (Å²) in [5, 5.41) is 10.3. The van der Waals surface area contributed by atoms with Crippen LogP contribution in [0.5, 0.6) is 5.75 Å². The van der Waals surface area contributed by atoms with Crippen molar-refractivity contribution in [3.8, 4) is 5.75 Å². The predicted octanol–water partition coefficient (Wildman–Crippen LogP) is 3.79. The third kappa shape index (κ3) is 5.25. The number of aliphatic hydroxyl groups excluding tert-OH is 1. The fourth-order valence-corrected chi connectivity index (χ4v) is 3.12. The largest absolute Gasteiger partial charge is 0.493 e. The summed E-state index contributed by atoms with van der Waals surface area (Å²) in [6.07, 6.45) is 1.39. The Morgan fingerprint density at radius 3 is 2.12 bits per heavy atom. The highest BCUT2D eigenvalue weighted by molar-refractivity contribution is 5.22. The lowest BCUT2D eigenvalue weighted by Gasteiger charge is -2.33. The number of hydrogen-bond donors (Lipinski definition) is 1. The molecule has 1 heterocycles. The maximum absolute atomic E-state index is 12.9. The Morgan fingerprint density at radius 2 is 1.52 bits per heavy atom. The van der Waals surface area contributed by atoms with Crippen LogP contribution < -0.4 is 4.74 Å². The van der Waals surface area contributed by atoms with E-state index in [1.807, 2.05) is 0 Å². The third-order valence-corrected chi connectivity index (χ3v) is 4.69. The van der Waals surface area contributed by atoms with E-state index in [1.165, 1.54) is 24.3 Å². The molecule has 0 aliphatic carbocycles. The fraction of sp³-hybridized carbons (Fsp3) is 0.400. The summed E-state index contributed by atoms with van der Waals surface area (Å²) in [5.74, 6) is 0.595. The van der Waals surface area contributed by atoms with Crippen molar-refractivity contribution in [2.75, 3.05) is 26.2 Å². The first-order valence-electron chi connectivity index (χ1n) is 8.64. The molecule has 0 amide bonds. The van der Waals surface area contributed by atoms with Crippen molar-refractivity contribution in [1.29, 1.82) is 0 Å². The third-order valence-electron chi connectivity index (χ3n) is 4.69. The van der Waals surface area contributed by atoms with E-state index in [0.717, 1.165) is 31.5 Å². The van der Waals surface area contributed by atoms with E-state index >= 15 is 0 Å². The van der Waals surface area contributed by atoms with Crippen LogP contribution in [0.3, 0.4) is 0 Å². The first kappa shape index (κ1) is 17.8. The van der Waals surface area contributed by atoms with Gasteiger partial charge in [-0.15, -0.1) is 0 Å². The van der Waals surface area contributed by atoms with Crippen molar-refractivity contribution in [2.45, 2.75) is 18.9 Å². The Bertz CT molecular complexity index is 652. The van der Waals surface area contributed by atoms with Crippen LogP contribution in [0.2, 0.25) is 0 Å². The van der Waals surface area contributed by atoms with Crippen molar-refractivity contribution in [3.63, 3.8) is 0 Å². The molecular weight excluding hydrogens is 324 g/mol. The van der Waals surface area contributed by atoms with E-state index in [9.17, 15) is 13.9 Å². The second-order valence-electron chi connectivity index (χ2n) is 6.58. The van der Waals surface area contributed by atoms with Crippen LogP contribution in [0.4, 0.5) is 8.78 Å². The Kier molecular flexibility index (Phi) is 6.00. The van der Waals surface area contributed by atoms with Gasteiger partial charge in [0.05, 0.1) is 12.7 Å². The summed E-state index contributed by atoms with van der Waals surface area (Å²) in [4.78, 5) is 2.22. The topological polar surface area (TPSA) is 32.7 Å². The zero-order valence-electron chi connectivity index (χ0n) is 14.1. The molecule has 0 bridgehead atoms. The van der Waals surface area contributed by atoms with Gasteiger partial charge in [-0.25, -0.2) is 8.78 Å². The highest BCUT2D eigenvalue weighted by Crippen LogP contribution is 2.22. The Balaban J connectivity index is 1.40. The summed E-state index contributed by atoms with van der Waals surface area (Å²) in [7, 11) is 0. The lowest BCUT2D eigenvalue weighted by molar-refractivity contribution is 0.0793. The Morgan fingerprint density at radius 1 is 0.960 bits per heavy atom. The Hall–Kier alpha value is -1.98. The second kappa shape index (κ2) is 8.41. The smallest absolute Gasteiger partial charge is 0.123 e. The van der Waals surface area contributed by atoms with Gasteiger partial charge in [-0.2, -0.15) is 0 Å². The number of hydrogen-bond acceptors (Lipinski definition) is 3. The lowest BCUT2D eigenvalue weighted by atomic mass is 9.97. The second-order valence-corrected chi connectivity index (χ2v) is 6.58. The van der Waals surface area contributed by atoms with Crippen LogP contribution in [0.1, 0.15) is 24.5 Å². The molecule has 3 nitrogen and oxygen atoms in total. The van der Waals surface area contributed by atoms with Crippen molar-refractivity contribution < 1.29 is 18.6 Å². The quantitative estimate of drug-likeness (QED) is 0.863. The first-order chi connectivity index (χ1) is 12.1. The molecule has 0 spiro atoms. The zero-order chi connectivity index (χ0) is 17.6. The SMILES string of the molecule is OC(CN1CCC(COc2ccc(F)cc2)CC1)c1ccc(F)cc1. The highest BCUT2D eigenvalue weighted by Gasteiger charge is 2.22. The first-order valence-corrected chi connectivity index (χ1v) is 8.64. The van der Waals surface area contributed by atoms with Crippen LogP contribution in [-0.4, -0.2) is 36.2 Å². The molecule has 3 rings (SSSR count). The van der Waals surface area contributed by atoms with E-state index in [-0.39, 0.29) is 11.6 Å².